The van der Waals surface area contributed by atoms with Crippen LogP contribution in [0.4, 0.5) is 0 Å². The molecule has 4 nitrogen and oxygen atoms in total. The summed E-state index contributed by atoms with van der Waals surface area (Å²) in [5, 5.41) is 0. The summed E-state index contributed by atoms with van der Waals surface area (Å²) in [4.78, 5) is 0. The van der Waals surface area contributed by atoms with Gasteiger partial charge in [0.1, 0.15) is 0 Å². The fourth-order valence-corrected chi connectivity index (χ4v) is 2.75. The monoisotopic (exact) mass is 235 g/mol. The minimum absolute atomic E-state index is 0.0757. The zero-order valence-corrected chi connectivity index (χ0v) is 9.99. The highest BCUT2D eigenvalue weighted by molar-refractivity contribution is 5.59. The van der Waals surface area contributed by atoms with Gasteiger partial charge < -0.3 is 19.9 Å². The van der Waals surface area contributed by atoms with Crippen molar-refractivity contribution in [1.29, 1.82) is 0 Å². The van der Waals surface area contributed by atoms with Crippen molar-refractivity contribution < 1.29 is 14.2 Å². The minimum Gasteiger partial charge on any atom is -0.492 e. The Balaban J connectivity index is 2.11. The van der Waals surface area contributed by atoms with Crippen molar-refractivity contribution in [2.45, 2.75) is 24.7 Å². The van der Waals surface area contributed by atoms with Gasteiger partial charge in [-0.1, -0.05) is 12.5 Å². The van der Waals surface area contributed by atoms with Gasteiger partial charge in [0.05, 0.1) is 7.11 Å². The summed E-state index contributed by atoms with van der Waals surface area (Å²) >= 11 is 0. The third-order valence-corrected chi connectivity index (χ3v) is 3.97. The molecule has 1 aliphatic heterocycles. The van der Waals surface area contributed by atoms with Gasteiger partial charge in [0, 0.05) is 17.5 Å². The van der Waals surface area contributed by atoms with Crippen LogP contribution in [0.1, 0.15) is 24.8 Å². The van der Waals surface area contributed by atoms with E-state index in [1.54, 1.807) is 7.11 Å². The maximum atomic E-state index is 5.94. The first-order valence-corrected chi connectivity index (χ1v) is 5.98. The molecule has 0 unspecified atom stereocenters. The highest BCUT2D eigenvalue weighted by Gasteiger charge is 2.41. The Labute approximate surface area is 101 Å². The quantitative estimate of drug-likeness (QED) is 0.868. The van der Waals surface area contributed by atoms with E-state index in [4.69, 9.17) is 19.9 Å². The van der Waals surface area contributed by atoms with Crippen molar-refractivity contribution in [3.63, 3.8) is 0 Å². The van der Waals surface area contributed by atoms with Gasteiger partial charge in [-0.3, -0.25) is 0 Å². The molecule has 2 aliphatic rings. The SMILES string of the molecule is COc1c(C2(CN)CCC2)ccc2c1OCO2. The molecule has 1 heterocycles. The molecule has 1 aliphatic carbocycles. The van der Waals surface area contributed by atoms with Crippen LogP contribution in [0.25, 0.3) is 0 Å². The minimum atomic E-state index is 0.0757. The summed E-state index contributed by atoms with van der Waals surface area (Å²) in [7, 11) is 1.67. The van der Waals surface area contributed by atoms with Crippen LogP contribution in [0.5, 0.6) is 17.2 Å². The van der Waals surface area contributed by atoms with Gasteiger partial charge in [-0.2, -0.15) is 0 Å². The molecule has 0 aromatic heterocycles. The van der Waals surface area contributed by atoms with Crippen molar-refractivity contribution >= 4 is 0 Å². The number of fused-ring (bicyclic) bond motifs is 1. The average Bonchev–Trinajstić information content (AvgIpc) is 2.76. The van der Waals surface area contributed by atoms with Crippen LogP contribution in [0.3, 0.4) is 0 Å². The van der Waals surface area contributed by atoms with Crippen molar-refractivity contribution in [2.24, 2.45) is 5.73 Å². The number of hydrogen-bond donors (Lipinski definition) is 1. The molecule has 1 fully saturated rings. The van der Waals surface area contributed by atoms with E-state index in [1.807, 2.05) is 6.07 Å². The summed E-state index contributed by atoms with van der Waals surface area (Å²) in [6, 6.07) is 4.02. The number of ether oxygens (including phenoxy) is 3. The Bertz CT molecular complexity index is 435. The fraction of sp³-hybridized carbons (Fsp3) is 0.538. The highest BCUT2D eigenvalue weighted by atomic mass is 16.7. The maximum Gasteiger partial charge on any atom is 0.231 e. The highest BCUT2D eigenvalue weighted by Crippen LogP contribution is 2.52. The van der Waals surface area contributed by atoms with Crippen LogP contribution in [0.15, 0.2) is 12.1 Å². The zero-order valence-electron chi connectivity index (χ0n) is 9.99. The van der Waals surface area contributed by atoms with E-state index in [0.29, 0.717) is 6.54 Å². The van der Waals surface area contributed by atoms with Crippen molar-refractivity contribution in [1.82, 2.24) is 0 Å². The predicted molar refractivity (Wildman–Crippen MR) is 63.7 cm³/mol. The van der Waals surface area contributed by atoms with Crippen molar-refractivity contribution in [3.8, 4) is 17.2 Å². The van der Waals surface area contributed by atoms with Crippen molar-refractivity contribution in [3.05, 3.63) is 17.7 Å². The summed E-state index contributed by atoms with van der Waals surface area (Å²) < 4.78 is 16.4. The van der Waals surface area contributed by atoms with Gasteiger partial charge in [0.25, 0.3) is 0 Å². The molecular formula is C13H17NO3. The first kappa shape index (κ1) is 10.7. The molecule has 17 heavy (non-hydrogen) atoms. The average molecular weight is 235 g/mol. The second-order valence-corrected chi connectivity index (χ2v) is 4.72. The van der Waals surface area contributed by atoms with Gasteiger partial charge >= 0.3 is 0 Å². The largest absolute Gasteiger partial charge is 0.492 e. The lowest BCUT2D eigenvalue weighted by atomic mass is 9.64. The summed E-state index contributed by atoms with van der Waals surface area (Å²) in [5.74, 6) is 2.28. The van der Waals surface area contributed by atoms with Gasteiger partial charge in [-0.15, -0.1) is 0 Å². The van der Waals surface area contributed by atoms with E-state index in [1.165, 1.54) is 6.42 Å². The Morgan fingerprint density at radius 3 is 2.76 bits per heavy atom. The molecular weight excluding hydrogens is 218 g/mol. The van der Waals surface area contributed by atoms with E-state index in [2.05, 4.69) is 6.07 Å². The van der Waals surface area contributed by atoms with Crippen LogP contribution in [0.2, 0.25) is 0 Å². The molecule has 2 N–H and O–H groups in total. The maximum absolute atomic E-state index is 5.94. The fourth-order valence-electron chi connectivity index (χ4n) is 2.75. The molecule has 0 amide bonds. The third-order valence-electron chi connectivity index (χ3n) is 3.97. The predicted octanol–water partition coefficient (Wildman–Crippen LogP) is 1.80. The molecule has 0 spiro atoms. The van der Waals surface area contributed by atoms with Crippen LogP contribution in [-0.2, 0) is 5.41 Å². The summed E-state index contributed by atoms with van der Waals surface area (Å²) in [6.45, 7) is 0.924. The lowest BCUT2D eigenvalue weighted by Crippen LogP contribution is -2.41. The second-order valence-electron chi connectivity index (χ2n) is 4.72. The van der Waals surface area contributed by atoms with E-state index in [9.17, 15) is 0 Å². The molecule has 1 aromatic rings. The van der Waals surface area contributed by atoms with Gasteiger partial charge in [0.15, 0.2) is 11.5 Å². The van der Waals surface area contributed by atoms with Gasteiger partial charge in [0.2, 0.25) is 12.5 Å². The van der Waals surface area contributed by atoms with Crippen LogP contribution >= 0.6 is 0 Å². The molecule has 92 valence electrons. The molecule has 0 atom stereocenters. The van der Waals surface area contributed by atoms with Crippen LogP contribution in [-0.4, -0.2) is 20.4 Å². The standard InChI is InChI=1S/C13H17NO3/c1-15-11-9(13(7-14)5-2-6-13)3-4-10-12(11)17-8-16-10/h3-4H,2,5-8,14H2,1H3. The van der Waals surface area contributed by atoms with E-state index >= 15 is 0 Å². The van der Waals surface area contributed by atoms with Crippen molar-refractivity contribution in [2.75, 3.05) is 20.4 Å². The van der Waals surface area contributed by atoms with Crippen LogP contribution < -0.4 is 19.9 Å². The molecule has 3 rings (SSSR count). The first-order valence-electron chi connectivity index (χ1n) is 5.98. The van der Waals surface area contributed by atoms with E-state index in [-0.39, 0.29) is 12.2 Å². The molecule has 4 heteroatoms. The molecule has 0 bridgehead atoms. The molecule has 0 radical (unpaired) electrons. The zero-order chi connectivity index (χ0) is 11.9. The Hall–Kier alpha value is -1.42. The summed E-state index contributed by atoms with van der Waals surface area (Å²) in [5.41, 5.74) is 7.18. The first-order chi connectivity index (χ1) is 8.30. The van der Waals surface area contributed by atoms with Gasteiger partial charge in [-0.05, 0) is 18.9 Å². The normalized spacial score (nSPS) is 19.9. The molecule has 0 saturated heterocycles. The molecule has 1 aromatic carbocycles. The third kappa shape index (κ3) is 1.40. The smallest absolute Gasteiger partial charge is 0.231 e. The Morgan fingerprint density at radius 2 is 2.18 bits per heavy atom. The van der Waals surface area contributed by atoms with Gasteiger partial charge in [-0.25, -0.2) is 0 Å². The number of methoxy groups -OCH3 is 1. The van der Waals surface area contributed by atoms with E-state index < -0.39 is 0 Å². The Morgan fingerprint density at radius 1 is 1.35 bits per heavy atom. The van der Waals surface area contributed by atoms with E-state index in [0.717, 1.165) is 35.7 Å². The van der Waals surface area contributed by atoms with Crippen LogP contribution in [0, 0.1) is 0 Å². The lowest BCUT2D eigenvalue weighted by Gasteiger charge is -2.42. The number of nitrogens with two attached hydrogens (primary N) is 1. The number of benzene rings is 1. The lowest BCUT2D eigenvalue weighted by molar-refractivity contribution is 0.170. The topological polar surface area (TPSA) is 53.7 Å². The Kier molecular flexibility index (Phi) is 2.40. The summed E-state index contributed by atoms with van der Waals surface area (Å²) in [6.07, 6.45) is 3.48. The number of rotatable bonds is 3. The second kappa shape index (κ2) is 3.81. The number of hydrogen-bond acceptors (Lipinski definition) is 4. The molecule has 1 saturated carbocycles.